The number of rotatable bonds is 6. The number of benzene rings is 2. The Bertz CT molecular complexity index is 1130. The minimum Gasteiger partial charge on any atom is -0.497 e. The lowest BCUT2D eigenvalue weighted by molar-refractivity contribution is 0.267. The molecule has 0 atom stereocenters. The lowest BCUT2D eigenvalue weighted by Crippen LogP contribution is -2.50. The van der Waals surface area contributed by atoms with Gasteiger partial charge in [-0.2, -0.15) is 8.75 Å². The number of hydrogen-bond donors (Lipinski definition) is 2. The van der Waals surface area contributed by atoms with E-state index >= 15 is 0 Å². The van der Waals surface area contributed by atoms with Gasteiger partial charge in [-0.05, 0) is 36.2 Å². The van der Waals surface area contributed by atoms with Crippen molar-refractivity contribution in [3.63, 3.8) is 0 Å². The van der Waals surface area contributed by atoms with Gasteiger partial charge in [0.05, 0.1) is 32.2 Å². The van der Waals surface area contributed by atoms with Crippen molar-refractivity contribution in [2.45, 2.75) is 11.3 Å². The summed E-state index contributed by atoms with van der Waals surface area (Å²) >= 11 is 0.983. The number of hydrogen-bond acceptors (Lipinski definition) is 9. The second kappa shape index (κ2) is 8.31. The molecule has 0 unspecified atom stereocenters. The number of aliphatic imine (C=N–C) groups is 1. The van der Waals surface area contributed by atoms with Gasteiger partial charge in [0.25, 0.3) is 10.0 Å². The van der Waals surface area contributed by atoms with Crippen LogP contribution in [0.5, 0.6) is 5.75 Å². The van der Waals surface area contributed by atoms with Crippen molar-refractivity contribution in [1.29, 1.82) is 0 Å². The number of methoxy groups -OCH3 is 1. The lowest BCUT2D eigenvalue weighted by Gasteiger charge is -2.27. The maximum atomic E-state index is 12.7. The van der Waals surface area contributed by atoms with E-state index in [-0.39, 0.29) is 10.9 Å². The van der Waals surface area contributed by atoms with Crippen LogP contribution in [0.25, 0.3) is 11.0 Å². The van der Waals surface area contributed by atoms with Crippen LogP contribution in [0.4, 0.5) is 0 Å². The highest BCUT2D eigenvalue weighted by atomic mass is 32.2. The Labute approximate surface area is 172 Å². The average Bonchev–Trinajstić information content (AvgIpc) is 3.22. The third-order valence-electron chi connectivity index (χ3n) is 4.54. The highest BCUT2D eigenvalue weighted by molar-refractivity contribution is 7.90. The van der Waals surface area contributed by atoms with Crippen molar-refractivity contribution in [3.05, 3.63) is 48.0 Å². The highest BCUT2D eigenvalue weighted by Crippen LogP contribution is 2.20. The van der Waals surface area contributed by atoms with Crippen LogP contribution < -0.4 is 14.8 Å². The smallest absolute Gasteiger partial charge is 0.266 e. The third kappa shape index (κ3) is 4.47. The van der Waals surface area contributed by atoms with E-state index in [1.807, 2.05) is 24.3 Å². The molecule has 0 saturated carbocycles. The molecule has 1 aliphatic rings. The van der Waals surface area contributed by atoms with E-state index in [0.717, 1.165) is 30.4 Å². The van der Waals surface area contributed by atoms with Gasteiger partial charge in [0.2, 0.25) is 5.96 Å². The maximum Gasteiger partial charge on any atom is 0.266 e. The molecule has 0 spiro atoms. The molecule has 2 N–H and O–H groups in total. The van der Waals surface area contributed by atoms with Crippen LogP contribution in [0.1, 0.15) is 5.56 Å². The fourth-order valence-electron chi connectivity index (χ4n) is 2.94. The van der Waals surface area contributed by atoms with Crippen LogP contribution in [0.2, 0.25) is 0 Å². The van der Waals surface area contributed by atoms with Crippen molar-refractivity contribution in [1.82, 2.24) is 23.7 Å². The molecule has 1 aliphatic heterocycles. The van der Waals surface area contributed by atoms with E-state index < -0.39 is 10.0 Å². The summed E-state index contributed by atoms with van der Waals surface area (Å²) in [5.41, 5.74) is 2.12. The molecule has 4 rings (SSSR count). The van der Waals surface area contributed by atoms with Crippen LogP contribution >= 0.6 is 11.7 Å². The Morgan fingerprint density at radius 3 is 2.76 bits per heavy atom. The van der Waals surface area contributed by atoms with E-state index in [1.165, 1.54) is 11.6 Å². The number of fused-ring (bicyclic) bond motifs is 1. The Morgan fingerprint density at radius 2 is 2.03 bits per heavy atom. The maximum absolute atomic E-state index is 12.7. The van der Waals surface area contributed by atoms with Crippen LogP contribution in [-0.2, 0) is 16.4 Å². The number of guanidine groups is 1. The number of nitrogens with one attached hydrogen (secondary N) is 2. The van der Waals surface area contributed by atoms with E-state index in [1.54, 1.807) is 19.2 Å². The molecule has 29 heavy (non-hydrogen) atoms. The molecule has 0 bridgehead atoms. The largest absolute Gasteiger partial charge is 0.497 e. The van der Waals surface area contributed by atoms with Gasteiger partial charge in [-0.15, -0.1) is 0 Å². The standard InChI is InChI=1S/C18H20N6O3S2/c1-27-14-7-5-13(6-8-14)9-10-24-11-19-18(20-12-24)23-29(25,26)16-4-2-3-15-17(16)22-28-21-15/h2-8H,9-12H2,1H3,(H2,19,20,23). The van der Waals surface area contributed by atoms with Crippen molar-refractivity contribution in [2.75, 3.05) is 27.0 Å². The SMILES string of the molecule is COc1ccc(CCN2CN=C(NS(=O)(=O)c3cccc4nsnc34)NC2)cc1. The molecule has 3 aromatic rings. The fourth-order valence-corrected chi connectivity index (χ4v) is 4.71. The molecule has 0 fully saturated rings. The number of ether oxygens (including phenoxy) is 1. The van der Waals surface area contributed by atoms with Gasteiger partial charge in [0.15, 0.2) is 0 Å². The van der Waals surface area contributed by atoms with E-state index in [0.29, 0.717) is 24.4 Å². The first-order valence-electron chi connectivity index (χ1n) is 8.93. The minimum atomic E-state index is -3.81. The van der Waals surface area contributed by atoms with Crippen LogP contribution in [0, 0.1) is 0 Å². The summed E-state index contributed by atoms with van der Waals surface area (Å²) in [6.07, 6.45) is 0.862. The van der Waals surface area contributed by atoms with Crippen LogP contribution in [-0.4, -0.2) is 55.0 Å². The zero-order chi connectivity index (χ0) is 20.3. The quantitative estimate of drug-likeness (QED) is 0.606. The first kappa shape index (κ1) is 19.6. The average molecular weight is 433 g/mol. The van der Waals surface area contributed by atoms with Gasteiger partial charge in [-0.25, -0.2) is 18.1 Å². The second-order valence-electron chi connectivity index (χ2n) is 6.47. The molecule has 9 nitrogen and oxygen atoms in total. The minimum absolute atomic E-state index is 0.0928. The number of aromatic nitrogens is 2. The van der Waals surface area contributed by atoms with Crippen LogP contribution in [0.3, 0.4) is 0 Å². The monoisotopic (exact) mass is 432 g/mol. The summed E-state index contributed by atoms with van der Waals surface area (Å²) < 4.78 is 41.3. The molecule has 2 heterocycles. The summed E-state index contributed by atoms with van der Waals surface area (Å²) in [6.45, 7) is 1.70. The number of sulfonamides is 1. The summed E-state index contributed by atoms with van der Waals surface area (Å²) in [6, 6.07) is 12.8. The van der Waals surface area contributed by atoms with Crippen molar-refractivity contribution >= 4 is 38.7 Å². The summed E-state index contributed by atoms with van der Waals surface area (Å²) in [5, 5.41) is 3.02. The molecule has 0 radical (unpaired) electrons. The topological polar surface area (TPSA) is 109 Å². The molecular formula is C18H20N6O3S2. The van der Waals surface area contributed by atoms with E-state index in [4.69, 9.17) is 4.74 Å². The molecular weight excluding hydrogens is 412 g/mol. The highest BCUT2D eigenvalue weighted by Gasteiger charge is 2.22. The van der Waals surface area contributed by atoms with Gasteiger partial charge in [-0.1, -0.05) is 18.2 Å². The lowest BCUT2D eigenvalue weighted by atomic mass is 10.1. The predicted octanol–water partition coefficient (Wildman–Crippen LogP) is 1.40. The molecule has 152 valence electrons. The Kier molecular flexibility index (Phi) is 5.60. The normalized spacial score (nSPS) is 15.0. The molecule has 11 heteroatoms. The van der Waals surface area contributed by atoms with E-state index in [9.17, 15) is 8.42 Å². The number of nitrogens with zero attached hydrogens (tertiary/aromatic N) is 4. The molecule has 2 aromatic carbocycles. The zero-order valence-electron chi connectivity index (χ0n) is 15.7. The van der Waals surface area contributed by atoms with Crippen LogP contribution in [0.15, 0.2) is 52.4 Å². The van der Waals surface area contributed by atoms with Crippen molar-refractivity contribution in [2.24, 2.45) is 4.99 Å². The van der Waals surface area contributed by atoms with Gasteiger partial charge in [0.1, 0.15) is 21.7 Å². The van der Waals surface area contributed by atoms with E-state index in [2.05, 4.69) is 28.7 Å². The molecule has 0 aliphatic carbocycles. The Hall–Kier alpha value is -2.76. The zero-order valence-corrected chi connectivity index (χ0v) is 17.3. The van der Waals surface area contributed by atoms with Gasteiger partial charge in [-0.3, -0.25) is 4.90 Å². The Balaban J connectivity index is 1.36. The fraction of sp³-hybridized carbons (Fsp3) is 0.278. The van der Waals surface area contributed by atoms with Gasteiger partial charge >= 0.3 is 0 Å². The third-order valence-corrected chi connectivity index (χ3v) is 6.46. The molecule has 0 amide bonds. The first-order valence-corrected chi connectivity index (χ1v) is 11.1. The second-order valence-corrected chi connectivity index (χ2v) is 8.65. The molecule has 0 saturated heterocycles. The predicted molar refractivity (Wildman–Crippen MR) is 111 cm³/mol. The summed E-state index contributed by atoms with van der Waals surface area (Å²) in [7, 11) is -2.16. The Morgan fingerprint density at radius 1 is 1.21 bits per heavy atom. The first-order chi connectivity index (χ1) is 14.0. The van der Waals surface area contributed by atoms with Gasteiger partial charge < -0.3 is 10.1 Å². The van der Waals surface area contributed by atoms with Crippen molar-refractivity contribution in [3.8, 4) is 5.75 Å². The summed E-state index contributed by atoms with van der Waals surface area (Å²) in [4.78, 5) is 6.50. The molecule has 1 aromatic heterocycles. The summed E-state index contributed by atoms with van der Waals surface area (Å²) in [5.74, 6) is 1.06. The van der Waals surface area contributed by atoms with Crippen molar-refractivity contribution < 1.29 is 13.2 Å². The van der Waals surface area contributed by atoms with Gasteiger partial charge in [0, 0.05) is 6.54 Å².